The second-order valence-electron chi connectivity index (χ2n) is 3.69. The third-order valence-electron chi connectivity index (χ3n) is 2.15. The van der Waals surface area contributed by atoms with Crippen molar-refractivity contribution in [1.82, 2.24) is 10.4 Å². The second kappa shape index (κ2) is 6.82. The number of anilines is 1. The fourth-order valence-corrected chi connectivity index (χ4v) is 1.35. The van der Waals surface area contributed by atoms with Gasteiger partial charge in [0.2, 0.25) is 5.96 Å². The van der Waals surface area contributed by atoms with Gasteiger partial charge in [-0.05, 0) is 26.0 Å². The largest absolute Gasteiger partial charge is 0.382 e. The number of hydrogen-bond donors (Lipinski definition) is 3. The minimum Gasteiger partial charge on any atom is -0.382 e. The molecule has 17 heavy (non-hydrogen) atoms. The molecule has 0 saturated heterocycles. The highest BCUT2D eigenvalue weighted by Crippen LogP contribution is 2.09. The van der Waals surface area contributed by atoms with Gasteiger partial charge in [-0.1, -0.05) is 0 Å². The first-order chi connectivity index (χ1) is 8.17. The molecule has 1 aromatic heterocycles. The van der Waals surface area contributed by atoms with Crippen LogP contribution < -0.4 is 16.6 Å². The van der Waals surface area contributed by atoms with Crippen LogP contribution >= 0.6 is 0 Å². The van der Waals surface area contributed by atoms with E-state index in [0.29, 0.717) is 12.6 Å². The molecule has 0 radical (unpaired) electrons. The molecule has 0 saturated carbocycles. The molecule has 4 N–H and O–H groups in total. The molecule has 0 spiro atoms. The number of aromatic nitrogens is 1. The van der Waals surface area contributed by atoms with Crippen LogP contribution in [-0.2, 0) is 4.74 Å². The number of rotatable bonds is 4. The van der Waals surface area contributed by atoms with E-state index in [4.69, 9.17) is 10.6 Å². The average Bonchev–Trinajstić information content (AvgIpc) is 2.31. The van der Waals surface area contributed by atoms with Gasteiger partial charge in [-0.25, -0.2) is 10.8 Å². The van der Waals surface area contributed by atoms with Crippen molar-refractivity contribution >= 4 is 11.6 Å². The van der Waals surface area contributed by atoms with Crippen molar-refractivity contribution in [1.29, 1.82) is 0 Å². The highest BCUT2D eigenvalue weighted by atomic mass is 16.5. The number of methoxy groups -OCH3 is 1. The molecule has 0 amide bonds. The second-order valence-corrected chi connectivity index (χ2v) is 3.69. The van der Waals surface area contributed by atoms with Crippen LogP contribution in [0.2, 0.25) is 0 Å². The molecule has 94 valence electrons. The first kappa shape index (κ1) is 13.4. The van der Waals surface area contributed by atoms with Crippen LogP contribution in [0.3, 0.4) is 0 Å². The van der Waals surface area contributed by atoms with Crippen LogP contribution in [0.15, 0.2) is 23.3 Å². The number of aliphatic imine (C=N–C) groups is 1. The van der Waals surface area contributed by atoms with Crippen molar-refractivity contribution in [2.75, 3.05) is 19.0 Å². The molecule has 1 heterocycles. The molecule has 0 aromatic carbocycles. The summed E-state index contributed by atoms with van der Waals surface area (Å²) >= 11 is 0. The minimum atomic E-state index is 0.0236. The van der Waals surface area contributed by atoms with E-state index in [1.165, 1.54) is 0 Å². The molecule has 6 nitrogen and oxygen atoms in total. The van der Waals surface area contributed by atoms with E-state index in [1.807, 2.05) is 26.0 Å². The quantitative estimate of drug-likeness (QED) is 0.310. The standard InChI is InChI=1S/C11H19N5O/c1-8(7-17-3)14-11(16-12)15-10-5-4-6-13-9(10)2/h4-6,8H,7,12H2,1-3H3,(H2,14,15,16). The highest BCUT2D eigenvalue weighted by Gasteiger charge is 2.04. The van der Waals surface area contributed by atoms with Gasteiger partial charge in [0.25, 0.3) is 0 Å². The number of ether oxygens (including phenoxy) is 1. The molecule has 1 atom stereocenters. The van der Waals surface area contributed by atoms with E-state index in [0.717, 1.165) is 11.4 Å². The summed E-state index contributed by atoms with van der Waals surface area (Å²) in [6.45, 7) is 4.40. The number of nitrogens with one attached hydrogen (secondary N) is 2. The van der Waals surface area contributed by atoms with Gasteiger partial charge in [0.05, 0.1) is 24.0 Å². The summed E-state index contributed by atoms with van der Waals surface area (Å²) in [4.78, 5) is 8.51. The van der Waals surface area contributed by atoms with Crippen LogP contribution in [0, 0.1) is 6.92 Å². The van der Waals surface area contributed by atoms with Gasteiger partial charge in [0, 0.05) is 13.3 Å². The van der Waals surface area contributed by atoms with E-state index in [1.54, 1.807) is 13.3 Å². The molecule has 0 fully saturated rings. The molecule has 0 aliphatic rings. The number of nitrogens with zero attached hydrogens (tertiary/aromatic N) is 2. The lowest BCUT2D eigenvalue weighted by Crippen LogP contribution is -2.37. The molecule has 1 unspecified atom stereocenters. The first-order valence-electron chi connectivity index (χ1n) is 5.39. The minimum absolute atomic E-state index is 0.0236. The topological polar surface area (TPSA) is 84.6 Å². The van der Waals surface area contributed by atoms with Gasteiger partial charge in [0.15, 0.2) is 0 Å². The monoisotopic (exact) mass is 237 g/mol. The fraction of sp³-hybridized carbons (Fsp3) is 0.455. The number of hydrazine groups is 1. The fourth-order valence-electron chi connectivity index (χ4n) is 1.35. The van der Waals surface area contributed by atoms with Gasteiger partial charge < -0.3 is 10.1 Å². The Morgan fingerprint density at radius 2 is 2.41 bits per heavy atom. The van der Waals surface area contributed by atoms with E-state index in [2.05, 4.69) is 20.7 Å². The van der Waals surface area contributed by atoms with Crippen molar-refractivity contribution in [3.63, 3.8) is 0 Å². The molecule has 0 bridgehead atoms. The van der Waals surface area contributed by atoms with Crippen LogP contribution in [0.4, 0.5) is 5.69 Å². The summed E-state index contributed by atoms with van der Waals surface area (Å²) in [5.74, 6) is 5.90. The Bertz CT molecular complexity index is 380. The Morgan fingerprint density at radius 3 is 3.00 bits per heavy atom. The van der Waals surface area contributed by atoms with Crippen molar-refractivity contribution in [3.8, 4) is 0 Å². The predicted molar refractivity (Wildman–Crippen MR) is 68.7 cm³/mol. The van der Waals surface area contributed by atoms with Crippen LogP contribution in [0.25, 0.3) is 0 Å². The van der Waals surface area contributed by atoms with E-state index in [-0.39, 0.29) is 6.04 Å². The Morgan fingerprint density at radius 1 is 1.65 bits per heavy atom. The Balaban J connectivity index is 2.73. The Kier molecular flexibility index (Phi) is 5.38. The maximum absolute atomic E-state index is 5.41. The summed E-state index contributed by atoms with van der Waals surface area (Å²) in [6, 6.07) is 3.79. The smallest absolute Gasteiger partial charge is 0.210 e. The molecular weight excluding hydrogens is 218 g/mol. The Hall–Kier alpha value is -1.66. The maximum atomic E-state index is 5.41. The third kappa shape index (κ3) is 4.38. The highest BCUT2D eigenvalue weighted by molar-refractivity contribution is 5.93. The number of guanidine groups is 1. The van der Waals surface area contributed by atoms with Crippen molar-refractivity contribution in [3.05, 3.63) is 24.0 Å². The molecule has 0 aliphatic carbocycles. The maximum Gasteiger partial charge on any atom is 0.210 e. The average molecular weight is 237 g/mol. The lowest BCUT2D eigenvalue weighted by atomic mass is 10.3. The zero-order valence-electron chi connectivity index (χ0n) is 10.4. The Labute approximate surface area is 101 Å². The van der Waals surface area contributed by atoms with Gasteiger partial charge in [-0.3, -0.25) is 10.4 Å². The van der Waals surface area contributed by atoms with Crippen molar-refractivity contribution < 1.29 is 4.74 Å². The number of hydrogen-bond acceptors (Lipinski definition) is 4. The summed E-state index contributed by atoms with van der Waals surface area (Å²) < 4.78 is 5.01. The molecule has 1 rings (SSSR count). The molecular formula is C11H19N5O. The number of pyridine rings is 1. The normalized spacial score (nSPS) is 13.3. The van der Waals surface area contributed by atoms with Crippen LogP contribution in [-0.4, -0.2) is 30.7 Å². The zero-order chi connectivity index (χ0) is 12.7. The van der Waals surface area contributed by atoms with Gasteiger partial charge >= 0.3 is 0 Å². The van der Waals surface area contributed by atoms with E-state index >= 15 is 0 Å². The van der Waals surface area contributed by atoms with Gasteiger partial charge in [-0.15, -0.1) is 0 Å². The van der Waals surface area contributed by atoms with E-state index < -0.39 is 0 Å². The van der Waals surface area contributed by atoms with Crippen LogP contribution in [0.5, 0.6) is 0 Å². The zero-order valence-corrected chi connectivity index (χ0v) is 10.4. The van der Waals surface area contributed by atoms with Gasteiger partial charge in [-0.2, -0.15) is 0 Å². The summed E-state index contributed by atoms with van der Waals surface area (Å²) in [7, 11) is 1.64. The summed E-state index contributed by atoms with van der Waals surface area (Å²) in [5.41, 5.74) is 4.28. The molecule has 0 aliphatic heterocycles. The number of nitrogens with two attached hydrogens (primary N) is 1. The SMILES string of the molecule is COCC(C)N=C(NN)Nc1cccnc1C. The lowest BCUT2D eigenvalue weighted by Gasteiger charge is -2.13. The van der Waals surface area contributed by atoms with Crippen molar-refractivity contribution in [2.24, 2.45) is 10.8 Å². The van der Waals surface area contributed by atoms with Crippen LogP contribution in [0.1, 0.15) is 12.6 Å². The molecule has 6 heteroatoms. The first-order valence-corrected chi connectivity index (χ1v) is 5.39. The number of aryl methyl sites for hydroxylation is 1. The lowest BCUT2D eigenvalue weighted by molar-refractivity contribution is 0.185. The summed E-state index contributed by atoms with van der Waals surface area (Å²) in [5, 5.41) is 3.08. The van der Waals surface area contributed by atoms with E-state index in [9.17, 15) is 0 Å². The third-order valence-corrected chi connectivity index (χ3v) is 2.15. The summed E-state index contributed by atoms with van der Waals surface area (Å²) in [6.07, 6.45) is 1.74. The van der Waals surface area contributed by atoms with Crippen molar-refractivity contribution in [2.45, 2.75) is 19.9 Å². The molecule has 1 aromatic rings. The van der Waals surface area contributed by atoms with Gasteiger partial charge in [0.1, 0.15) is 0 Å². The predicted octanol–water partition coefficient (Wildman–Crippen LogP) is 0.656.